The zero-order valence-electron chi connectivity index (χ0n) is 8.74. The van der Waals surface area contributed by atoms with Crippen LogP contribution in [0.15, 0.2) is 24.5 Å². The molecule has 0 amide bonds. The van der Waals surface area contributed by atoms with Crippen LogP contribution >= 0.6 is 0 Å². The highest BCUT2D eigenvalue weighted by Crippen LogP contribution is 2.47. The minimum Gasteiger partial charge on any atom is -0.312 e. The second kappa shape index (κ2) is 4.41. The van der Waals surface area contributed by atoms with Crippen molar-refractivity contribution >= 4 is 0 Å². The van der Waals surface area contributed by atoms with Crippen molar-refractivity contribution in [3.8, 4) is 6.07 Å². The van der Waals surface area contributed by atoms with Gasteiger partial charge in [-0.25, -0.2) is 0 Å². The Bertz CT molecular complexity index is 349. The van der Waals surface area contributed by atoms with Crippen molar-refractivity contribution in [2.24, 2.45) is 5.41 Å². The van der Waals surface area contributed by atoms with Crippen LogP contribution in [-0.2, 0) is 6.54 Å². The molecule has 0 radical (unpaired) electrons. The minimum absolute atomic E-state index is 0.293. The van der Waals surface area contributed by atoms with E-state index in [0.717, 1.165) is 13.1 Å². The van der Waals surface area contributed by atoms with Gasteiger partial charge in [0.1, 0.15) is 0 Å². The molecule has 0 bridgehead atoms. The summed E-state index contributed by atoms with van der Waals surface area (Å²) in [6.45, 7) is 1.83. The van der Waals surface area contributed by atoms with Crippen molar-refractivity contribution in [1.82, 2.24) is 10.3 Å². The van der Waals surface area contributed by atoms with Gasteiger partial charge in [-0.1, -0.05) is 0 Å². The molecule has 3 nitrogen and oxygen atoms in total. The largest absolute Gasteiger partial charge is 0.312 e. The molecule has 1 aliphatic carbocycles. The summed E-state index contributed by atoms with van der Waals surface area (Å²) in [6, 6.07) is 6.29. The highest BCUT2D eigenvalue weighted by molar-refractivity contribution is 5.09. The quantitative estimate of drug-likeness (QED) is 0.791. The fourth-order valence-corrected chi connectivity index (χ4v) is 1.73. The molecule has 1 fully saturated rings. The normalized spacial score (nSPS) is 17.0. The molecular formula is C12H15N3. The Morgan fingerprint density at radius 3 is 2.73 bits per heavy atom. The first kappa shape index (κ1) is 10.1. The molecule has 78 valence electrons. The molecule has 0 aliphatic heterocycles. The molecule has 0 spiro atoms. The summed E-state index contributed by atoms with van der Waals surface area (Å²) < 4.78 is 0. The van der Waals surface area contributed by atoms with Crippen LogP contribution < -0.4 is 5.32 Å². The van der Waals surface area contributed by atoms with E-state index in [-0.39, 0.29) is 0 Å². The van der Waals surface area contributed by atoms with Crippen LogP contribution in [0.5, 0.6) is 0 Å². The Balaban J connectivity index is 1.74. The third kappa shape index (κ3) is 2.77. The fraction of sp³-hybridized carbons (Fsp3) is 0.500. The first-order chi connectivity index (χ1) is 7.35. The van der Waals surface area contributed by atoms with Gasteiger partial charge in [-0.3, -0.25) is 4.98 Å². The van der Waals surface area contributed by atoms with Gasteiger partial charge in [0, 0.05) is 31.9 Å². The topological polar surface area (TPSA) is 48.7 Å². The summed E-state index contributed by atoms with van der Waals surface area (Å²) in [7, 11) is 0. The van der Waals surface area contributed by atoms with E-state index < -0.39 is 0 Å². The number of pyridine rings is 1. The molecule has 0 unspecified atom stereocenters. The molecule has 1 aromatic rings. The molecule has 1 saturated carbocycles. The smallest absolute Gasteiger partial charge is 0.0628 e. The van der Waals surface area contributed by atoms with Gasteiger partial charge < -0.3 is 5.32 Å². The molecule has 0 aromatic carbocycles. The van der Waals surface area contributed by atoms with Gasteiger partial charge in [0.25, 0.3) is 0 Å². The van der Waals surface area contributed by atoms with E-state index in [4.69, 9.17) is 5.26 Å². The Hall–Kier alpha value is -1.40. The van der Waals surface area contributed by atoms with E-state index in [0.29, 0.717) is 11.8 Å². The zero-order valence-corrected chi connectivity index (χ0v) is 8.74. The van der Waals surface area contributed by atoms with Crippen LogP contribution in [-0.4, -0.2) is 11.5 Å². The van der Waals surface area contributed by atoms with Gasteiger partial charge in [0.2, 0.25) is 0 Å². The molecule has 0 atom stereocenters. The summed E-state index contributed by atoms with van der Waals surface area (Å²) in [5.74, 6) is 0. The maximum absolute atomic E-state index is 8.67. The van der Waals surface area contributed by atoms with E-state index in [1.807, 2.05) is 12.1 Å². The lowest BCUT2D eigenvalue weighted by atomic mass is 10.0. The lowest BCUT2D eigenvalue weighted by molar-refractivity contribution is 0.466. The van der Waals surface area contributed by atoms with Crippen LogP contribution in [0.4, 0.5) is 0 Å². The van der Waals surface area contributed by atoms with Crippen molar-refractivity contribution < 1.29 is 0 Å². The fourth-order valence-electron chi connectivity index (χ4n) is 1.73. The van der Waals surface area contributed by atoms with Gasteiger partial charge >= 0.3 is 0 Å². The van der Waals surface area contributed by atoms with Crippen molar-refractivity contribution in [3.63, 3.8) is 0 Å². The van der Waals surface area contributed by atoms with Gasteiger partial charge in [-0.2, -0.15) is 5.26 Å². The van der Waals surface area contributed by atoms with Gasteiger partial charge in [-0.15, -0.1) is 0 Å². The summed E-state index contributed by atoms with van der Waals surface area (Å²) in [6.07, 6.45) is 6.70. The van der Waals surface area contributed by atoms with Crippen LogP contribution in [0.25, 0.3) is 0 Å². The highest BCUT2D eigenvalue weighted by Gasteiger charge is 2.41. The van der Waals surface area contributed by atoms with Crippen LogP contribution in [0, 0.1) is 16.7 Å². The number of hydrogen-bond donors (Lipinski definition) is 1. The Morgan fingerprint density at radius 2 is 2.13 bits per heavy atom. The maximum atomic E-state index is 8.67. The molecule has 1 heterocycles. The minimum atomic E-state index is 0.293. The first-order valence-electron chi connectivity index (χ1n) is 5.31. The predicted molar refractivity (Wildman–Crippen MR) is 57.8 cm³/mol. The third-order valence-corrected chi connectivity index (χ3v) is 2.99. The molecule has 0 saturated heterocycles. The van der Waals surface area contributed by atoms with E-state index in [2.05, 4.69) is 16.4 Å². The average Bonchev–Trinajstić information content (AvgIpc) is 3.00. The number of nitriles is 1. The summed E-state index contributed by atoms with van der Waals surface area (Å²) >= 11 is 0. The molecular weight excluding hydrogens is 186 g/mol. The average molecular weight is 201 g/mol. The monoisotopic (exact) mass is 201 g/mol. The van der Waals surface area contributed by atoms with Crippen molar-refractivity contribution in [2.45, 2.75) is 25.8 Å². The first-order valence-corrected chi connectivity index (χ1v) is 5.31. The van der Waals surface area contributed by atoms with E-state index in [9.17, 15) is 0 Å². The van der Waals surface area contributed by atoms with E-state index in [1.165, 1.54) is 18.4 Å². The summed E-state index contributed by atoms with van der Waals surface area (Å²) in [5.41, 5.74) is 1.54. The van der Waals surface area contributed by atoms with E-state index >= 15 is 0 Å². The van der Waals surface area contributed by atoms with Crippen LogP contribution in [0.2, 0.25) is 0 Å². The second-order valence-electron chi connectivity index (χ2n) is 4.29. The van der Waals surface area contributed by atoms with Crippen molar-refractivity contribution in [3.05, 3.63) is 30.1 Å². The Labute approximate surface area is 90.1 Å². The highest BCUT2D eigenvalue weighted by atomic mass is 14.9. The van der Waals surface area contributed by atoms with Gasteiger partial charge in [0.05, 0.1) is 6.07 Å². The molecule has 3 heteroatoms. The van der Waals surface area contributed by atoms with Crippen molar-refractivity contribution in [1.29, 1.82) is 5.26 Å². The molecule has 1 N–H and O–H groups in total. The lowest BCUT2D eigenvalue weighted by Crippen LogP contribution is -2.23. The van der Waals surface area contributed by atoms with Crippen LogP contribution in [0.1, 0.15) is 24.8 Å². The van der Waals surface area contributed by atoms with Crippen LogP contribution in [0.3, 0.4) is 0 Å². The Morgan fingerprint density at radius 1 is 1.40 bits per heavy atom. The SMILES string of the molecule is N#CCC1(CNCc2ccncc2)CC1. The number of nitrogens with one attached hydrogen (secondary N) is 1. The zero-order chi connectivity index (χ0) is 10.6. The van der Waals surface area contributed by atoms with Gasteiger partial charge in [-0.05, 0) is 36.0 Å². The van der Waals surface area contributed by atoms with E-state index in [1.54, 1.807) is 12.4 Å². The number of nitrogens with zero attached hydrogens (tertiary/aromatic N) is 2. The molecule has 1 aliphatic rings. The van der Waals surface area contributed by atoms with Crippen molar-refractivity contribution in [2.75, 3.05) is 6.54 Å². The second-order valence-corrected chi connectivity index (χ2v) is 4.29. The Kier molecular flexibility index (Phi) is 2.98. The summed E-state index contributed by atoms with van der Waals surface area (Å²) in [5, 5.41) is 12.1. The number of rotatable bonds is 5. The predicted octanol–water partition coefficient (Wildman–Crippen LogP) is 1.87. The third-order valence-electron chi connectivity index (χ3n) is 2.99. The lowest BCUT2D eigenvalue weighted by Gasteiger charge is -2.11. The molecule has 2 rings (SSSR count). The maximum Gasteiger partial charge on any atom is 0.0628 e. The molecule has 15 heavy (non-hydrogen) atoms. The standard InChI is InChI=1S/C12H15N3/c13-6-5-12(3-4-12)10-15-9-11-1-7-14-8-2-11/h1-2,7-8,15H,3-5,9-10H2. The summed E-state index contributed by atoms with van der Waals surface area (Å²) in [4.78, 5) is 3.97. The number of hydrogen-bond acceptors (Lipinski definition) is 3. The van der Waals surface area contributed by atoms with Gasteiger partial charge in [0.15, 0.2) is 0 Å². The molecule has 1 aromatic heterocycles. The number of aromatic nitrogens is 1.